The predicted molar refractivity (Wildman–Crippen MR) is 100 cm³/mol. The summed E-state index contributed by atoms with van der Waals surface area (Å²) in [6, 6.07) is 8.54. The van der Waals surface area contributed by atoms with E-state index in [1.807, 2.05) is 18.2 Å². The second kappa shape index (κ2) is 6.90. The number of phenolic OH excluding ortho intramolecular Hbond substituents is 2. The molecule has 0 spiro atoms. The van der Waals surface area contributed by atoms with Gasteiger partial charge in [0.15, 0.2) is 5.76 Å². The summed E-state index contributed by atoms with van der Waals surface area (Å²) in [4.78, 5) is 6.72. The lowest BCUT2D eigenvalue weighted by molar-refractivity contribution is 0.242. The molecule has 0 amide bonds. The molecule has 0 radical (unpaired) electrons. The molecule has 1 aromatic carbocycles. The minimum absolute atomic E-state index is 0.100. The zero-order valence-corrected chi connectivity index (χ0v) is 16.0. The zero-order valence-electron chi connectivity index (χ0n) is 13.6. The molecule has 1 aliphatic heterocycles. The number of hydrogen-bond acceptors (Lipinski definition) is 6. The molecule has 134 valence electrons. The second-order valence-corrected chi connectivity index (χ2v) is 7.39. The summed E-state index contributed by atoms with van der Waals surface area (Å²) in [5.41, 5.74) is 3.19. The Morgan fingerprint density at radius 3 is 2.88 bits per heavy atom. The van der Waals surface area contributed by atoms with E-state index in [9.17, 15) is 10.2 Å². The number of hydrogen-bond donors (Lipinski definition) is 2. The number of aromatic hydroxyl groups is 2. The van der Waals surface area contributed by atoms with Crippen LogP contribution in [0.25, 0.3) is 11.3 Å². The molecule has 2 N–H and O–H groups in total. The van der Waals surface area contributed by atoms with Gasteiger partial charge < -0.3 is 14.7 Å². The van der Waals surface area contributed by atoms with Crippen molar-refractivity contribution in [2.75, 3.05) is 6.54 Å². The second-order valence-electron chi connectivity index (χ2n) is 6.17. The van der Waals surface area contributed by atoms with Crippen molar-refractivity contribution in [1.29, 1.82) is 0 Å². The Morgan fingerprint density at radius 2 is 2.08 bits per heavy atom. The smallest absolute Gasteiger partial charge is 0.175 e. The van der Waals surface area contributed by atoms with Gasteiger partial charge in [-0.25, -0.2) is 4.98 Å². The van der Waals surface area contributed by atoms with Crippen LogP contribution in [0.2, 0.25) is 5.02 Å². The molecule has 3 aromatic rings. The molecular weight excluding hydrogens is 422 g/mol. The van der Waals surface area contributed by atoms with Crippen LogP contribution < -0.4 is 0 Å². The largest absolute Gasteiger partial charge is 0.507 e. The molecular formula is C18H15BrClN3O3. The summed E-state index contributed by atoms with van der Waals surface area (Å²) >= 11 is 9.38. The summed E-state index contributed by atoms with van der Waals surface area (Å²) in [5, 5.41) is 24.1. The van der Waals surface area contributed by atoms with Gasteiger partial charge in [0.2, 0.25) is 0 Å². The van der Waals surface area contributed by atoms with E-state index in [1.165, 1.54) is 12.1 Å². The molecule has 1 aliphatic rings. The zero-order chi connectivity index (χ0) is 18.3. The Labute approximate surface area is 163 Å². The van der Waals surface area contributed by atoms with E-state index < -0.39 is 0 Å². The topological polar surface area (TPSA) is 82.6 Å². The lowest BCUT2D eigenvalue weighted by Gasteiger charge is -2.25. The Balaban J connectivity index is 1.63. The normalized spacial score (nSPS) is 14.4. The van der Waals surface area contributed by atoms with E-state index in [1.54, 1.807) is 0 Å². The minimum Gasteiger partial charge on any atom is -0.507 e. The van der Waals surface area contributed by atoms with Crippen molar-refractivity contribution in [2.45, 2.75) is 19.5 Å². The molecule has 0 bridgehead atoms. The fourth-order valence-corrected chi connectivity index (χ4v) is 3.66. The molecule has 4 rings (SSSR count). The highest BCUT2D eigenvalue weighted by Gasteiger charge is 2.27. The van der Waals surface area contributed by atoms with Crippen LogP contribution in [-0.2, 0) is 19.5 Å². The monoisotopic (exact) mass is 435 g/mol. The van der Waals surface area contributed by atoms with E-state index in [0.29, 0.717) is 24.4 Å². The number of aromatic nitrogens is 2. The molecule has 6 nitrogen and oxygen atoms in total. The van der Waals surface area contributed by atoms with Crippen LogP contribution in [0, 0.1) is 0 Å². The number of benzene rings is 1. The fourth-order valence-electron chi connectivity index (χ4n) is 3.12. The molecule has 3 heterocycles. The SMILES string of the molecule is Oc1cc(O)c(-c2onc3c2CN(Cc2cccc(Br)n2)CC3)cc1Cl. The first-order valence-electron chi connectivity index (χ1n) is 8.04. The Kier molecular flexibility index (Phi) is 4.60. The lowest BCUT2D eigenvalue weighted by atomic mass is 10.0. The molecule has 0 saturated heterocycles. The van der Waals surface area contributed by atoms with Gasteiger partial charge in [0.1, 0.15) is 16.1 Å². The van der Waals surface area contributed by atoms with Crippen molar-refractivity contribution in [1.82, 2.24) is 15.0 Å². The minimum atomic E-state index is -0.177. The third-order valence-electron chi connectivity index (χ3n) is 4.38. The number of phenols is 2. The van der Waals surface area contributed by atoms with E-state index in [2.05, 4.69) is 31.0 Å². The van der Waals surface area contributed by atoms with Gasteiger partial charge in [-0.2, -0.15) is 0 Å². The van der Waals surface area contributed by atoms with Gasteiger partial charge in [-0.05, 0) is 34.1 Å². The summed E-state index contributed by atoms with van der Waals surface area (Å²) in [6.07, 6.45) is 0.749. The summed E-state index contributed by atoms with van der Waals surface area (Å²) in [7, 11) is 0. The Bertz CT molecular complexity index is 976. The number of halogens is 2. The highest BCUT2D eigenvalue weighted by molar-refractivity contribution is 9.10. The maximum absolute atomic E-state index is 10.2. The number of rotatable bonds is 3. The predicted octanol–water partition coefficient (Wildman–Crippen LogP) is 4.12. The van der Waals surface area contributed by atoms with Crippen LogP contribution in [0.5, 0.6) is 11.5 Å². The molecule has 2 aromatic heterocycles. The standard InChI is InChI=1S/C18H15BrClN3O3/c19-17-3-1-2-10(21-17)8-23-5-4-14-12(9-23)18(26-22-14)11-6-13(20)16(25)7-15(11)24/h1-3,6-7,24-25H,4-5,8-9H2. The van der Waals surface area contributed by atoms with Crippen LogP contribution in [0.3, 0.4) is 0 Å². The van der Waals surface area contributed by atoms with Gasteiger partial charge in [0.05, 0.1) is 22.0 Å². The Morgan fingerprint density at radius 1 is 1.23 bits per heavy atom. The van der Waals surface area contributed by atoms with Gasteiger partial charge >= 0.3 is 0 Å². The van der Waals surface area contributed by atoms with Crippen LogP contribution in [0.1, 0.15) is 17.0 Å². The first-order chi connectivity index (χ1) is 12.5. The molecule has 8 heteroatoms. The average Bonchev–Trinajstić information content (AvgIpc) is 3.01. The van der Waals surface area contributed by atoms with Crippen LogP contribution in [-0.4, -0.2) is 31.8 Å². The van der Waals surface area contributed by atoms with Crippen molar-refractivity contribution in [3.05, 3.63) is 56.9 Å². The summed E-state index contributed by atoms with van der Waals surface area (Å²) < 4.78 is 6.30. The average molecular weight is 437 g/mol. The maximum Gasteiger partial charge on any atom is 0.175 e. The van der Waals surface area contributed by atoms with Crippen LogP contribution >= 0.6 is 27.5 Å². The van der Waals surface area contributed by atoms with Crippen molar-refractivity contribution in [3.8, 4) is 22.8 Å². The highest BCUT2D eigenvalue weighted by atomic mass is 79.9. The van der Waals surface area contributed by atoms with E-state index >= 15 is 0 Å². The fraction of sp³-hybridized carbons (Fsp3) is 0.222. The van der Waals surface area contributed by atoms with Crippen molar-refractivity contribution < 1.29 is 14.7 Å². The van der Waals surface area contributed by atoms with Crippen molar-refractivity contribution in [3.63, 3.8) is 0 Å². The highest BCUT2D eigenvalue weighted by Crippen LogP contribution is 2.40. The van der Waals surface area contributed by atoms with Crippen molar-refractivity contribution in [2.24, 2.45) is 0 Å². The van der Waals surface area contributed by atoms with Gasteiger partial charge in [0.25, 0.3) is 0 Å². The first-order valence-corrected chi connectivity index (χ1v) is 9.21. The molecule has 0 fully saturated rings. The first kappa shape index (κ1) is 17.3. The molecule has 0 saturated carbocycles. The number of pyridine rings is 1. The van der Waals surface area contributed by atoms with E-state index in [0.717, 1.165) is 34.5 Å². The van der Waals surface area contributed by atoms with Crippen LogP contribution in [0.4, 0.5) is 0 Å². The summed E-state index contributed by atoms with van der Waals surface area (Å²) in [6.45, 7) is 2.17. The third-order valence-corrected chi connectivity index (χ3v) is 5.13. The molecule has 0 atom stereocenters. The molecule has 0 unspecified atom stereocenters. The molecule has 0 aliphatic carbocycles. The van der Waals surface area contributed by atoms with Gasteiger partial charge in [-0.3, -0.25) is 4.90 Å². The van der Waals surface area contributed by atoms with E-state index in [-0.39, 0.29) is 16.5 Å². The molecule has 26 heavy (non-hydrogen) atoms. The lowest BCUT2D eigenvalue weighted by Crippen LogP contribution is -2.30. The number of nitrogens with zero attached hydrogens (tertiary/aromatic N) is 3. The Hall–Kier alpha value is -2.09. The van der Waals surface area contributed by atoms with Gasteiger partial charge in [0, 0.05) is 37.7 Å². The van der Waals surface area contributed by atoms with Crippen molar-refractivity contribution >= 4 is 27.5 Å². The quantitative estimate of drug-likeness (QED) is 0.601. The van der Waals surface area contributed by atoms with Crippen LogP contribution in [0.15, 0.2) is 39.5 Å². The van der Waals surface area contributed by atoms with Gasteiger partial charge in [-0.1, -0.05) is 22.8 Å². The van der Waals surface area contributed by atoms with E-state index in [4.69, 9.17) is 16.1 Å². The summed E-state index contributed by atoms with van der Waals surface area (Å²) in [5.74, 6) is 0.201. The number of fused-ring (bicyclic) bond motifs is 1. The third kappa shape index (κ3) is 3.30. The maximum atomic E-state index is 10.2. The van der Waals surface area contributed by atoms with Gasteiger partial charge in [-0.15, -0.1) is 0 Å².